The van der Waals surface area contributed by atoms with Crippen molar-refractivity contribution in [2.45, 2.75) is 26.2 Å². The zero-order valence-corrected chi connectivity index (χ0v) is 17.2. The average Bonchev–Trinajstić information content (AvgIpc) is 3.12. The van der Waals surface area contributed by atoms with Gasteiger partial charge in [-0.2, -0.15) is 0 Å². The molecular formula is C24H27N3O2. The first-order valence-corrected chi connectivity index (χ1v) is 9.99. The highest BCUT2D eigenvalue weighted by molar-refractivity contribution is 6.02. The van der Waals surface area contributed by atoms with E-state index in [2.05, 4.69) is 41.2 Å². The van der Waals surface area contributed by atoms with Gasteiger partial charge < -0.3 is 20.2 Å². The number of fused-ring (bicyclic) bond motifs is 2. The molecular weight excluding hydrogens is 362 g/mol. The molecule has 4 aromatic rings. The van der Waals surface area contributed by atoms with Gasteiger partial charge >= 0.3 is 0 Å². The first-order chi connectivity index (χ1) is 14.2. The number of rotatable bonds is 7. The molecule has 29 heavy (non-hydrogen) atoms. The normalized spacial score (nSPS) is 11.3. The highest BCUT2D eigenvalue weighted by Gasteiger charge is 2.18. The summed E-state index contributed by atoms with van der Waals surface area (Å²) in [5.74, 6) is 1.66. The maximum atomic E-state index is 5.76. The highest BCUT2D eigenvalue weighted by atomic mass is 16.5. The molecule has 0 unspecified atom stereocenters. The van der Waals surface area contributed by atoms with E-state index in [1.54, 1.807) is 20.4 Å². The van der Waals surface area contributed by atoms with Crippen molar-refractivity contribution in [3.8, 4) is 22.8 Å². The number of aryl methyl sites for hydroxylation is 2. The second kappa shape index (κ2) is 8.13. The van der Waals surface area contributed by atoms with E-state index in [1.165, 1.54) is 16.5 Å². The molecule has 0 aliphatic rings. The van der Waals surface area contributed by atoms with Crippen molar-refractivity contribution in [1.82, 2.24) is 9.97 Å². The summed E-state index contributed by atoms with van der Waals surface area (Å²) in [4.78, 5) is 8.27. The predicted octanol–water partition coefficient (Wildman–Crippen LogP) is 4.99. The summed E-state index contributed by atoms with van der Waals surface area (Å²) in [5, 5.41) is 2.28. The standard InChI is InChI=1S/C24H27N3O2/c1-15-13-16(28-2)14-20-18(7-4-5-11-25)23(27-22(15)20)19-9-10-21(29-3)24-17(19)8-6-12-26-24/h6,8-10,12-14,27H,4-5,7,11,25H2,1-3H3. The molecule has 0 spiro atoms. The van der Waals surface area contributed by atoms with E-state index in [4.69, 9.17) is 15.2 Å². The van der Waals surface area contributed by atoms with Crippen LogP contribution in [0.5, 0.6) is 11.5 Å². The number of ether oxygens (including phenoxy) is 2. The Bertz CT molecular complexity index is 1160. The van der Waals surface area contributed by atoms with Crippen LogP contribution in [0.3, 0.4) is 0 Å². The van der Waals surface area contributed by atoms with Crippen LogP contribution in [0.25, 0.3) is 33.1 Å². The van der Waals surface area contributed by atoms with E-state index in [0.29, 0.717) is 6.54 Å². The Kier molecular flexibility index (Phi) is 5.41. The molecule has 4 rings (SSSR count). The minimum Gasteiger partial charge on any atom is -0.497 e. The molecule has 0 amide bonds. The molecule has 150 valence electrons. The van der Waals surface area contributed by atoms with E-state index < -0.39 is 0 Å². The van der Waals surface area contributed by atoms with Gasteiger partial charge in [0, 0.05) is 28.0 Å². The van der Waals surface area contributed by atoms with Crippen LogP contribution in [0, 0.1) is 6.92 Å². The van der Waals surface area contributed by atoms with Gasteiger partial charge in [0.1, 0.15) is 17.0 Å². The van der Waals surface area contributed by atoms with Gasteiger partial charge in [-0.3, -0.25) is 4.98 Å². The Balaban J connectivity index is 1.99. The molecule has 0 aliphatic carbocycles. The first kappa shape index (κ1) is 19.3. The summed E-state index contributed by atoms with van der Waals surface area (Å²) in [6, 6.07) is 12.4. The van der Waals surface area contributed by atoms with Gasteiger partial charge in [-0.1, -0.05) is 6.07 Å². The fourth-order valence-electron chi connectivity index (χ4n) is 4.08. The van der Waals surface area contributed by atoms with Crippen molar-refractivity contribution in [1.29, 1.82) is 0 Å². The van der Waals surface area contributed by atoms with Crippen LogP contribution in [-0.2, 0) is 6.42 Å². The van der Waals surface area contributed by atoms with Gasteiger partial charge in [0.2, 0.25) is 0 Å². The minimum absolute atomic E-state index is 0.704. The van der Waals surface area contributed by atoms with Gasteiger partial charge in [0.05, 0.1) is 19.9 Å². The molecule has 5 heteroatoms. The van der Waals surface area contributed by atoms with E-state index in [0.717, 1.165) is 58.4 Å². The van der Waals surface area contributed by atoms with Crippen LogP contribution in [0.1, 0.15) is 24.0 Å². The second-order valence-corrected chi connectivity index (χ2v) is 7.31. The lowest BCUT2D eigenvalue weighted by Gasteiger charge is -2.11. The number of H-pyrrole nitrogens is 1. The molecule has 0 radical (unpaired) electrons. The number of pyridine rings is 1. The van der Waals surface area contributed by atoms with E-state index in [9.17, 15) is 0 Å². The molecule has 2 aromatic heterocycles. The number of aromatic nitrogens is 2. The largest absolute Gasteiger partial charge is 0.497 e. The molecule has 0 fully saturated rings. The molecule has 0 aliphatic heterocycles. The summed E-state index contributed by atoms with van der Waals surface area (Å²) < 4.78 is 11.1. The van der Waals surface area contributed by atoms with Gasteiger partial charge in [-0.05, 0) is 74.2 Å². The quantitative estimate of drug-likeness (QED) is 0.437. The summed E-state index contributed by atoms with van der Waals surface area (Å²) in [6.07, 6.45) is 4.79. The number of unbranched alkanes of at least 4 members (excludes halogenated alkanes) is 1. The zero-order valence-electron chi connectivity index (χ0n) is 17.2. The Morgan fingerprint density at radius 2 is 1.90 bits per heavy atom. The minimum atomic E-state index is 0.704. The van der Waals surface area contributed by atoms with Crippen LogP contribution >= 0.6 is 0 Å². The summed E-state index contributed by atoms with van der Waals surface area (Å²) in [5.41, 5.74) is 12.5. The topological polar surface area (TPSA) is 73.2 Å². The second-order valence-electron chi connectivity index (χ2n) is 7.31. The highest BCUT2D eigenvalue weighted by Crippen LogP contribution is 2.39. The molecule has 0 bridgehead atoms. The molecule has 0 saturated carbocycles. The maximum Gasteiger partial charge on any atom is 0.145 e. The Hall–Kier alpha value is -3.05. The van der Waals surface area contributed by atoms with Crippen molar-refractivity contribution in [3.63, 3.8) is 0 Å². The van der Waals surface area contributed by atoms with Crippen LogP contribution < -0.4 is 15.2 Å². The molecule has 2 aromatic carbocycles. The maximum absolute atomic E-state index is 5.76. The van der Waals surface area contributed by atoms with E-state index in [-0.39, 0.29) is 0 Å². The number of hydrogen-bond donors (Lipinski definition) is 2. The number of nitrogens with two attached hydrogens (primary N) is 1. The van der Waals surface area contributed by atoms with Crippen LogP contribution in [0.2, 0.25) is 0 Å². The fraction of sp³-hybridized carbons (Fsp3) is 0.292. The van der Waals surface area contributed by atoms with Gasteiger partial charge in [0.15, 0.2) is 0 Å². The van der Waals surface area contributed by atoms with Crippen molar-refractivity contribution in [3.05, 3.63) is 53.7 Å². The van der Waals surface area contributed by atoms with Crippen LogP contribution in [0.4, 0.5) is 0 Å². The number of hydrogen-bond acceptors (Lipinski definition) is 4. The zero-order chi connectivity index (χ0) is 20.4. The number of methoxy groups -OCH3 is 2. The van der Waals surface area contributed by atoms with Gasteiger partial charge in [-0.25, -0.2) is 0 Å². The lowest BCUT2D eigenvalue weighted by molar-refractivity contribution is 0.415. The van der Waals surface area contributed by atoms with E-state index in [1.807, 2.05) is 12.1 Å². The van der Waals surface area contributed by atoms with Crippen LogP contribution in [0.15, 0.2) is 42.6 Å². The SMILES string of the molecule is COc1cc(C)c2[nH]c(-c3ccc(OC)c4ncccc34)c(CCCCN)c2c1. The summed E-state index contributed by atoms with van der Waals surface area (Å²) >= 11 is 0. The van der Waals surface area contributed by atoms with Crippen LogP contribution in [-0.4, -0.2) is 30.7 Å². The number of nitrogens with one attached hydrogen (secondary N) is 1. The molecule has 2 heterocycles. The molecule has 0 atom stereocenters. The van der Waals surface area contributed by atoms with Crippen molar-refractivity contribution >= 4 is 21.8 Å². The number of nitrogens with zero attached hydrogens (tertiary/aromatic N) is 1. The summed E-state index contributed by atoms with van der Waals surface area (Å²) in [6.45, 7) is 2.82. The number of aromatic amines is 1. The van der Waals surface area contributed by atoms with Crippen molar-refractivity contribution < 1.29 is 9.47 Å². The van der Waals surface area contributed by atoms with Gasteiger partial charge in [0.25, 0.3) is 0 Å². The molecule has 3 N–H and O–H groups in total. The van der Waals surface area contributed by atoms with Crippen molar-refractivity contribution in [2.75, 3.05) is 20.8 Å². The van der Waals surface area contributed by atoms with Crippen molar-refractivity contribution in [2.24, 2.45) is 5.73 Å². The third-order valence-corrected chi connectivity index (χ3v) is 5.52. The Labute approximate surface area is 170 Å². The number of benzene rings is 2. The molecule has 0 saturated heterocycles. The predicted molar refractivity (Wildman–Crippen MR) is 119 cm³/mol. The average molecular weight is 389 g/mol. The third-order valence-electron chi connectivity index (χ3n) is 5.52. The smallest absolute Gasteiger partial charge is 0.145 e. The lowest BCUT2D eigenvalue weighted by atomic mass is 9.97. The Morgan fingerprint density at radius 1 is 1.03 bits per heavy atom. The lowest BCUT2D eigenvalue weighted by Crippen LogP contribution is -1.99. The monoisotopic (exact) mass is 389 g/mol. The van der Waals surface area contributed by atoms with E-state index >= 15 is 0 Å². The third kappa shape index (κ3) is 3.42. The van der Waals surface area contributed by atoms with Gasteiger partial charge in [-0.15, -0.1) is 0 Å². The molecule has 5 nitrogen and oxygen atoms in total. The first-order valence-electron chi connectivity index (χ1n) is 9.99. The Morgan fingerprint density at radius 3 is 2.66 bits per heavy atom. The summed E-state index contributed by atoms with van der Waals surface area (Å²) in [7, 11) is 3.39. The fourth-order valence-corrected chi connectivity index (χ4v) is 4.08.